The van der Waals surface area contributed by atoms with Crippen molar-refractivity contribution >= 4 is 17.1 Å². The van der Waals surface area contributed by atoms with Crippen molar-refractivity contribution in [1.82, 2.24) is 20.6 Å². The molecule has 1 saturated carbocycles. The lowest BCUT2D eigenvalue weighted by molar-refractivity contribution is 0.117. The molecule has 3 rings (SSSR count). The fourth-order valence-corrected chi connectivity index (χ4v) is 2.88. The average Bonchev–Trinajstić information content (AvgIpc) is 2.92. The third kappa shape index (κ3) is 3.76. The van der Waals surface area contributed by atoms with Gasteiger partial charge < -0.3 is 20.7 Å². The topological polar surface area (TPSA) is 90.0 Å². The number of para-hydroxylation sites is 2. The molecule has 0 radical (unpaired) electrons. The van der Waals surface area contributed by atoms with E-state index in [4.69, 9.17) is 0 Å². The Morgan fingerprint density at radius 3 is 2.82 bits per heavy atom. The van der Waals surface area contributed by atoms with Crippen LogP contribution in [0.4, 0.5) is 4.79 Å². The Hall–Kier alpha value is -2.08. The minimum atomic E-state index is -0.200. The first-order valence-electron chi connectivity index (χ1n) is 7.87. The summed E-state index contributed by atoms with van der Waals surface area (Å²) in [6, 6.07) is 7.92. The Morgan fingerprint density at radius 2 is 2.05 bits per heavy atom. The highest BCUT2D eigenvalue weighted by Crippen LogP contribution is 2.18. The molecule has 1 heterocycles. The molecule has 22 heavy (non-hydrogen) atoms. The fourth-order valence-electron chi connectivity index (χ4n) is 2.88. The third-order valence-electron chi connectivity index (χ3n) is 4.12. The number of carbonyl (C=O) groups excluding carboxylic acids is 1. The molecule has 1 aliphatic carbocycles. The van der Waals surface area contributed by atoms with Crippen molar-refractivity contribution in [2.45, 2.75) is 44.2 Å². The van der Waals surface area contributed by atoms with Crippen LogP contribution in [0, 0.1) is 0 Å². The number of nitrogens with zero attached hydrogens (tertiary/aromatic N) is 1. The van der Waals surface area contributed by atoms with Crippen LogP contribution < -0.4 is 10.6 Å². The number of rotatable bonds is 4. The van der Waals surface area contributed by atoms with Gasteiger partial charge in [-0.25, -0.2) is 9.78 Å². The molecule has 6 nitrogen and oxygen atoms in total. The standard InChI is InChI=1S/C16H22N4O2/c21-12-7-5-11(6-8-12)18-16(22)17-10-9-15-19-13-3-1-2-4-14(13)20-15/h1-4,11-12,21H,5-10H2,(H,19,20)(H2,17,18,22). The number of aromatic amines is 1. The minimum absolute atomic E-state index is 0.141. The van der Waals surface area contributed by atoms with Gasteiger partial charge in [-0.2, -0.15) is 0 Å². The number of hydrogen-bond donors (Lipinski definition) is 4. The fraction of sp³-hybridized carbons (Fsp3) is 0.500. The van der Waals surface area contributed by atoms with E-state index in [0.717, 1.165) is 42.5 Å². The summed E-state index contributed by atoms with van der Waals surface area (Å²) < 4.78 is 0. The van der Waals surface area contributed by atoms with Gasteiger partial charge in [-0.15, -0.1) is 0 Å². The maximum Gasteiger partial charge on any atom is 0.315 e. The van der Waals surface area contributed by atoms with Gasteiger partial charge in [0.1, 0.15) is 5.82 Å². The SMILES string of the molecule is O=C(NCCc1nc2ccccc2[nH]1)NC1CCC(O)CC1. The molecule has 4 N–H and O–H groups in total. The van der Waals surface area contributed by atoms with E-state index < -0.39 is 0 Å². The Labute approximate surface area is 129 Å². The predicted octanol–water partition coefficient (Wildman–Crippen LogP) is 1.71. The number of aliphatic hydroxyl groups is 1. The maximum absolute atomic E-state index is 11.8. The highest BCUT2D eigenvalue weighted by atomic mass is 16.3. The number of benzene rings is 1. The summed E-state index contributed by atoms with van der Waals surface area (Å²) in [4.78, 5) is 19.6. The van der Waals surface area contributed by atoms with Crippen molar-refractivity contribution in [3.8, 4) is 0 Å². The summed E-state index contributed by atoms with van der Waals surface area (Å²) in [7, 11) is 0. The number of fused-ring (bicyclic) bond motifs is 1. The molecular weight excluding hydrogens is 280 g/mol. The van der Waals surface area contributed by atoms with E-state index in [1.54, 1.807) is 0 Å². The number of aromatic nitrogens is 2. The molecule has 118 valence electrons. The number of urea groups is 1. The van der Waals surface area contributed by atoms with Crippen LogP contribution in [0.15, 0.2) is 24.3 Å². The summed E-state index contributed by atoms with van der Waals surface area (Å²) in [6.07, 6.45) is 3.70. The zero-order valence-electron chi connectivity index (χ0n) is 12.5. The number of H-pyrrole nitrogens is 1. The molecule has 1 aromatic heterocycles. The molecule has 1 aliphatic rings. The molecule has 2 aromatic rings. The monoisotopic (exact) mass is 302 g/mol. The number of aliphatic hydroxyl groups excluding tert-OH is 1. The summed E-state index contributed by atoms with van der Waals surface area (Å²) in [6.45, 7) is 0.543. The van der Waals surface area contributed by atoms with E-state index in [1.807, 2.05) is 24.3 Å². The number of nitrogens with one attached hydrogen (secondary N) is 3. The molecule has 0 bridgehead atoms. The van der Waals surface area contributed by atoms with E-state index in [9.17, 15) is 9.90 Å². The van der Waals surface area contributed by atoms with E-state index in [-0.39, 0.29) is 18.2 Å². The highest BCUT2D eigenvalue weighted by Gasteiger charge is 2.20. The first-order valence-corrected chi connectivity index (χ1v) is 7.87. The van der Waals surface area contributed by atoms with Gasteiger partial charge in [-0.05, 0) is 37.8 Å². The minimum Gasteiger partial charge on any atom is -0.393 e. The Bertz CT molecular complexity index is 599. The molecule has 1 aromatic carbocycles. The Kier molecular flexibility index (Phi) is 4.58. The smallest absolute Gasteiger partial charge is 0.315 e. The van der Waals surface area contributed by atoms with Crippen molar-refractivity contribution in [2.24, 2.45) is 0 Å². The van der Waals surface area contributed by atoms with E-state index in [2.05, 4.69) is 20.6 Å². The lowest BCUT2D eigenvalue weighted by Crippen LogP contribution is -2.44. The van der Waals surface area contributed by atoms with Crippen LogP contribution in [0.3, 0.4) is 0 Å². The van der Waals surface area contributed by atoms with Crippen LogP contribution in [0.1, 0.15) is 31.5 Å². The summed E-state index contributed by atoms with van der Waals surface area (Å²) in [5, 5.41) is 15.3. The number of amides is 2. The molecular formula is C16H22N4O2. The number of carbonyl (C=O) groups is 1. The summed E-state index contributed by atoms with van der Waals surface area (Å²) in [5.74, 6) is 0.877. The average molecular weight is 302 g/mol. The number of imidazole rings is 1. The van der Waals surface area contributed by atoms with Crippen LogP contribution in [0.5, 0.6) is 0 Å². The maximum atomic E-state index is 11.8. The quantitative estimate of drug-likeness (QED) is 0.693. The molecule has 0 spiro atoms. The van der Waals surface area contributed by atoms with E-state index in [0.29, 0.717) is 13.0 Å². The van der Waals surface area contributed by atoms with E-state index >= 15 is 0 Å². The zero-order chi connectivity index (χ0) is 15.4. The van der Waals surface area contributed by atoms with Crippen LogP contribution in [-0.2, 0) is 6.42 Å². The van der Waals surface area contributed by atoms with Gasteiger partial charge in [-0.1, -0.05) is 12.1 Å². The van der Waals surface area contributed by atoms with Crippen molar-refractivity contribution in [3.05, 3.63) is 30.1 Å². The second-order valence-corrected chi connectivity index (χ2v) is 5.86. The van der Waals surface area contributed by atoms with Gasteiger partial charge in [0.25, 0.3) is 0 Å². The molecule has 6 heteroatoms. The van der Waals surface area contributed by atoms with Crippen molar-refractivity contribution in [3.63, 3.8) is 0 Å². The Morgan fingerprint density at radius 1 is 1.27 bits per heavy atom. The van der Waals surface area contributed by atoms with Crippen LogP contribution in [0.2, 0.25) is 0 Å². The van der Waals surface area contributed by atoms with Crippen molar-refractivity contribution < 1.29 is 9.90 Å². The van der Waals surface area contributed by atoms with Crippen molar-refractivity contribution in [2.75, 3.05) is 6.54 Å². The predicted molar refractivity (Wildman–Crippen MR) is 84.6 cm³/mol. The summed E-state index contributed by atoms with van der Waals surface area (Å²) in [5.41, 5.74) is 1.96. The number of hydrogen-bond acceptors (Lipinski definition) is 3. The second kappa shape index (κ2) is 6.79. The van der Waals surface area contributed by atoms with Gasteiger partial charge >= 0.3 is 6.03 Å². The molecule has 0 aliphatic heterocycles. The largest absolute Gasteiger partial charge is 0.393 e. The molecule has 0 unspecified atom stereocenters. The first-order chi connectivity index (χ1) is 10.7. The second-order valence-electron chi connectivity index (χ2n) is 5.86. The third-order valence-corrected chi connectivity index (χ3v) is 4.12. The summed E-state index contributed by atoms with van der Waals surface area (Å²) >= 11 is 0. The first kappa shape index (κ1) is 14.8. The zero-order valence-corrected chi connectivity index (χ0v) is 12.5. The van der Waals surface area contributed by atoms with Gasteiger partial charge in [0.15, 0.2) is 0 Å². The molecule has 2 amide bonds. The molecule has 0 atom stereocenters. The van der Waals surface area contributed by atoms with Gasteiger partial charge in [0, 0.05) is 19.0 Å². The molecule has 0 saturated heterocycles. The highest BCUT2D eigenvalue weighted by molar-refractivity contribution is 5.75. The van der Waals surface area contributed by atoms with Crippen LogP contribution in [-0.4, -0.2) is 39.8 Å². The Balaban J connectivity index is 1.41. The van der Waals surface area contributed by atoms with Crippen LogP contribution >= 0.6 is 0 Å². The lowest BCUT2D eigenvalue weighted by Gasteiger charge is -2.26. The van der Waals surface area contributed by atoms with Crippen molar-refractivity contribution in [1.29, 1.82) is 0 Å². The normalized spacial score (nSPS) is 21.7. The van der Waals surface area contributed by atoms with Gasteiger partial charge in [0.05, 0.1) is 17.1 Å². The van der Waals surface area contributed by atoms with E-state index in [1.165, 1.54) is 0 Å². The molecule has 1 fully saturated rings. The lowest BCUT2D eigenvalue weighted by atomic mass is 9.93. The van der Waals surface area contributed by atoms with Gasteiger partial charge in [-0.3, -0.25) is 0 Å². The van der Waals surface area contributed by atoms with Crippen LogP contribution in [0.25, 0.3) is 11.0 Å². The van der Waals surface area contributed by atoms with Gasteiger partial charge in [0.2, 0.25) is 0 Å².